The van der Waals surface area contributed by atoms with Crippen molar-refractivity contribution in [1.29, 1.82) is 0 Å². The molecule has 1 aliphatic carbocycles. The first-order valence-electron chi connectivity index (χ1n) is 12.2. The molecule has 8 nitrogen and oxygen atoms in total. The molecule has 2 aliphatic rings. The summed E-state index contributed by atoms with van der Waals surface area (Å²) in [6.45, 7) is 11.5. The summed E-state index contributed by atoms with van der Waals surface area (Å²) in [6.07, 6.45) is 7.78. The number of nitrogens with one attached hydrogen (secondary N) is 2. The standard InChI is InChI=1S/C25H41N3O5/c1-6-16(2)21(24(32)33)26-22(30)19-13-10-14-28(19)23(31)18(17-11-8-7-9-12-17)15-20(29)27-25(3,4)5/h6,16-19,21H,1,7-15H2,2-5H3,(H,26,30)(H,27,29)(H,32,33). The Kier molecular flexibility index (Phi) is 9.49. The molecule has 4 unspecified atom stereocenters. The van der Waals surface area contributed by atoms with E-state index in [4.69, 9.17) is 0 Å². The van der Waals surface area contributed by atoms with Gasteiger partial charge in [0.2, 0.25) is 17.7 Å². The largest absolute Gasteiger partial charge is 0.480 e. The summed E-state index contributed by atoms with van der Waals surface area (Å²) in [5, 5.41) is 15.1. The van der Waals surface area contributed by atoms with E-state index in [1.54, 1.807) is 11.8 Å². The van der Waals surface area contributed by atoms with Gasteiger partial charge in [-0.05, 0) is 52.4 Å². The van der Waals surface area contributed by atoms with Gasteiger partial charge in [-0.15, -0.1) is 6.58 Å². The first-order valence-corrected chi connectivity index (χ1v) is 12.2. The zero-order valence-corrected chi connectivity index (χ0v) is 20.6. The molecule has 4 atom stereocenters. The molecule has 186 valence electrons. The molecule has 1 aliphatic heterocycles. The SMILES string of the molecule is C=CC(C)C(NC(=O)C1CCCN1C(=O)C(CC(=O)NC(C)(C)C)C1CCCCC1)C(=O)O. The van der Waals surface area contributed by atoms with Crippen molar-refractivity contribution in [3.63, 3.8) is 0 Å². The summed E-state index contributed by atoms with van der Waals surface area (Å²) in [4.78, 5) is 52.7. The molecule has 0 bridgehead atoms. The number of hydrogen-bond donors (Lipinski definition) is 3. The third-order valence-corrected chi connectivity index (χ3v) is 6.76. The van der Waals surface area contributed by atoms with Crippen molar-refractivity contribution in [1.82, 2.24) is 15.5 Å². The molecule has 8 heteroatoms. The molecular formula is C25H41N3O5. The average molecular weight is 464 g/mol. The molecule has 0 radical (unpaired) electrons. The minimum Gasteiger partial charge on any atom is -0.480 e. The lowest BCUT2D eigenvalue weighted by atomic mass is 9.77. The van der Waals surface area contributed by atoms with Gasteiger partial charge >= 0.3 is 5.97 Å². The highest BCUT2D eigenvalue weighted by Crippen LogP contribution is 2.35. The van der Waals surface area contributed by atoms with Gasteiger partial charge < -0.3 is 20.6 Å². The fraction of sp³-hybridized carbons (Fsp3) is 0.760. The van der Waals surface area contributed by atoms with Crippen molar-refractivity contribution in [3.05, 3.63) is 12.7 Å². The van der Waals surface area contributed by atoms with E-state index in [1.165, 1.54) is 6.08 Å². The zero-order chi connectivity index (χ0) is 24.8. The van der Waals surface area contributed by atoms with Gasteiger partial charge in [0.1, 0.15) is 12.1 Å². The maximum Gasteiger partial charge on any atom is 0.326 e. The van der Waals surface area contributed by atoms with Gasteiger partial charge in [-0.3, -0.25) is 14.4 Å². The average Bonchev–Trinajstić information content (AvgIpc) is 3.24. The van der Waals surface area contributed by atoms with Crippen LogP contribution in [0.3, 0.4) is 0 Å². The summed E-state index contributed by atoms with van der Waals surface area (Å²) < 4.78 is 0. The van der Waals surface area contributed by atoms with Gasteiger partial charge in [0.25, 0.3) is 0 Å². The van der Waals surface area contributed by atoms with Gasteiger partial charge in [0.15, 0.2) is 0 Å². The predicted octanol–water partition coefficient (Wildman–Crippen LogP) is 2.87. The van der Waals surface area contributed by atoms with Gasteiger partial charge in [-0.1, -0.05) is 32.3 Å². The summed E-state index contributed by atoms with van der Waals surface area (Å²) in [5.41, 5.74) is -0.388. The topological polar surface area (TPSA) is 116 Å². The number of carbonyl (C=O) groups excluding carboxylic acids is 3. The molecule has 0 spiro atoms. The fourth-order valence-electron chi connectivity index (χ4n) is 4.98. The molecule has 3 N–H and O–H groups in total. The van der Waals surface area contributed by atoms with Crippen molar-refractivity contribution in [2.75, 3.05) is 6.54 Å². The number of nitrogens with zero attached hydrogens (tertiary/aromatic N) is 1. The Hall–Kier alpha value is -2.38. The fourth-order valence-corrected chi connectivity index (χ4v) is 4.98. The lowest BCUT2D eigenvalue weighted by Crippen LogP contribution is -2.54. The number of rotatable bonds is 9. The van der Waals surface area contributed by atoms with Gasteiger partial charge in [0.05, 0.1) is 0 Å². The van der Waals surface area contributed by atoms with Crippen LogP contribution in [0.25, 0.3) is 0 Å². The van der Waals surface area contributed by atoms with Crippen LogP contribution >= 0.6 is 0 Å². The zero-order valence-electron chi connectivity index (χ0n) is 20.6. The second-order valence-electron chi connectivity index (χ2n) is 10.6. The number of hydrogen-bond acceptors (Lipinski definition) is 4. The molecule has 0 aromatic heterocycles. The van der Waals surface area contributed by atoms with E-state index >= 15 is 0 Å². The van der Waals surface area contributed by atoms with Crippen LogP contribution in [0.5, 0.6) is 0 Å². The minimum atomic E-state index is -1.13. The Bertz CT molecular complexity index is 739. The van der Waals surface area contributed by atoms with E-state index in [-0.39, 0.29) is 29.7 Å². The number of carboxylic acid groups (broad SMARTS) is 1. The Morgan fingerprint density at radius 3 is 2.27 bits per heavy atom. The molecular weight excluding hydrogens is 422 g/mol. The molecule has 1 heterocycles. The first kappa shape index (κ1) is 26.9. The highest BCUT2D eigenvalue weighted by atomic mass is 16.4. The summed E-state index contributed by atoms with van der Waals surface area (Å²) in [6, 6.07) is -1.81. The normalized spacial score (nSPS) is 22.2. The monoisotopic (exact) mass is 463 g/mol. The third kappa shape index (κ3) is 7.57. The number of carbonyl (C=O) groups is 4. The summed E-state index contributed by atoms with van der Waals surface area (Å²) in [5.74, 6) is -2.70. The van der Waals surface area contributed by atoms with Gasteiger partial charge in [-0.25, -0.2) is 4.79 Å². The summed E-state index contributed by atoms with van der Waals surface area (Å²) in [7, 11) is 0. The van der Waals surface area contributed by atoms with E-state index < -0.39 is 35.8 Å². The van der Waals surface area contributed by atoms with E-state index in [0.717, 1.165) is 32.1 Å². The molecule has 1 saturated heterocycles. The van der Waals surface area contributed by atoms with Crippen LogP contribution in [-0.4, -0.2) is 57.9 Å². The molecule has 3 amide bonds. The van der Waals surface area contributed by atoms with Crippen molar-refractivity contribution < 1.29 is 24.3 Å². The number of aliphatic carboxylic acids is 1. The summed E-state index contributed by atoms with van der Waals surface area (Å²) >= 11 is 0. The quantitative estimate of drug-likeness (QED) is 0.455. The lowest BCUT2D eigenvalue weighted by molar-refractivity contribution is -0.147. The van der Waals surface area contributed by atoms with Crippen LogP contribution in [0.4, 0.5) is 0 Å². The Morgan fingerprint density at radius 1 is 1.09 bits per heavy atom. The van der Waals surface area contributed by atoms with E-state index in [0.29, 0.717) is 19.4 Å². The number of likely N-dealkylation sites (tertiary alicyclic amines) is 1. The maximum atomic E-state index is 13.7. The minimum absolute atomic E-state index is 0.108. The van der Waals surface area contributed by atoms with Gasteiger partial charge in [0, 0.05) is 30.3 Å². The van der Waals surface area contributed by atoms with Crippen molar-refractivity contribution in [3.8, 4) is 0 Å². The van der Waals surface area contributed by atoms with E-state index in [2.05, 4.69) is 17.2 Å². The molecule has 0 aromatic carbocycles. The van der Waals surface area contributed by atoms with Crippen LogP contribution in [0.15, 0.2) is 12.7 Å². The Labute approximate surface area is 197 Å². The molecule has 33 heavy (non-hydrogen) atoms. The predicted molar refractivity (Wildman–Crippen MR) is 126 cm³/mol. The highest BCUT2D eigenvalue weighted by molar-refractivity contribution is 5.93. The second-order valence-corrected chi connectivity index (χ2v) is 10.6. The molecule has 2 rings (SSSR count). The van der Waals surface area contributed by atoms with Crippen LogP contribution in [0, 0.1) is 17.8 Å². The lowest BCUT2D eigenvalue weighted by Gasteiger charge is -2.35. The van der Waals surface area contributed by atoms with Crippen molar-refractivity contribution in [2.45, 2.75) is 96.7 Å². The van der Waals surface area contributed by atoms with Gasteiger partial charge in [-0.2, -0.15) is 0 Å². The highest BCUT2D eigenvalue weighted by Gasteiger charge is 2.42. The Morgan fingerprint density at radius 2 is 1.73 bits per heavy atom. The van der Waals surface area contributed by atoms with Crippen LogP contribution in [0.2, 0.25) is 0 Å². The molecule has 1 saturated carbocycles. The van der Waals surface area contributed by atoms with Crippen LogP contribution in [0.1, 0.15) is 79.1 Å². The van der Waals surface area contributed by atoms with E-state index in [1.807, 2.05) is 20.8 Å². The van der Waals surface area contributed by atoms with E-state index in [9.17, 15) is 24.3 Å². The smallest absolute Gasteiger partial charge is 0.326 e. The second kappa shape index (κ2) is 11.7. The molecule has 0 aromatic rings. The number of amides is 3. The number of carboxylic acids is 1. The van der Waals surface area contributed by atoms with Crippen molar-refractivity contribution in [2.24, 2.45) is 17.8 Å². The van der Waals surface area contributed by atoms with Crippen molar-refractivity contribution >= 4 is 23.7 Å². The third-order valence-electron chi connectivity index (χ3n) is 6.76. The Balaban J connectivity index is 2.19. The molecule has 2 fully saturated rings. The first-order chi connectivity index (χ1) is 15.4. The van der Waals surface area contributed by atoms with Crippen LogP contribution in [-0.2, 0) is 19.2 Å². The van der Waals surface area contributed by atoms with Crippen LogP contribution < -0.4 is 10.6 Å². The maximum absolute atomic E-state index is 13.7.